The normalized spacial score (nSPS) is 13.0. The summed E-state index contributed by atoms with van der Waals surface area (Å²) in [6.45, 7) is 0. The molecule has 0 aliphatic rings. The summed E-state index contributed by atoms with van der Waals surface area (Å²) < 4.78 is 13.8. The van der Waals surface area contributed by atoms with E-state index in [0.717, 1.165) is 11.8 Å². The minimum Gasteiger partial charge on any atom is -0.386 e. The van der Waals surface area contributed by atoms with E-state index in [2.05, 4.69) is 10.3 Å². The van der Waals surface area contributed by atoms with Gasteiger partial charge in [0.2, 0.25) is 0 Å². The van der Waals surface area contributed by atoms with Gasteiger partial charge in [-0.25, -0.2) is 4.39 Å². The Morgan fingerprint density at radius 1 is 0.960 bits per heavy atom. The predicted molar refractivity (Wildman–Crippen MR) is 92.2 cm³/mol. The average Bonchev–Trinajstić information content (AvgIpc) is 2.67. The summed E-state index contributed by atoms with van der Waals surface area (Å²) >= 11 is 0. The molecule has 2 aromatic carbocycles. The first-order valence-corrected chi connectivity index (χ1v) is 7.85. The molecule has 0 unspecified atom stereocenters. The SMILES string of the molecule is O=C(N[C@@H](c1ccccc1)[C@H](O)c1ccccc1)c1ccncc1F. The Kier molecular flexibility index (Phi) is 5.16. The topological polar surface area (TPSA) is 62.2 Å². The van der Waals surface area contributed by atoms with Crippen LogP contribution in [0.25, 0.3) is 0 Å². The number of halogens is 1. The average molecular weight is 336 g/mol. The third-order valence-corrected chi connectivity index (χ3v) is 3.92. The molecule has 25 heavy (non-hydrogen) atoms. The van der Waals surface area contributed by atoms with Crippen molar-refractivity contribution in [1.29, 1.82) is 0 Å². The fourth-order valence-corrected chi connectivity index (χ4v) is 2.63. The molecule has 0 aliphatic carbocycles. The van der Waals surface area contributed by atoms with Crippen LogP contribution in [0.5, 0.6) is 0 Å². The highest BCUT2D eigenvalue weighted by atomic mass is 19.1. The van der Waals surface area contributed by atoms with E-state index in [9.17, 15) is 14.3 Å². The summed E-state index contributed by atoms with van der Waals surface area (Å²) in [5.41, 5.74) is 1.27. The van der Waals surface area contributed by atoms with Crippen molar-refractivity contribution in [1.82, 2.24) is 10.3 Å². The van der Waals surface area contributed by atoms with Crippen molar-refractivity contribution < 1.29 is 14.3 Å². The minimum absolute atomic E-state index is 0.115. The number of amides is 1. The molecule has 0 saturated heterocycles. The van der Waals surface area contributed by atoms with Crippen LogP contribution in [0.4, 0.5) is 4.39 Å². The molecule has 126 valence electrons. The van der Waals surface area contributed by atoms with E-state index in [4.69, 9.17) is 0 Å². The van der Waals surface area contributed by atoms with Crippen LogP contribution >= 0.6 is 0 Å². The molecular formula is C20H17FN2O2. The first-order chi connectivity index (χ1) is 12.2. The van der Waals surface area contributed by atoms with Crippen LogP contribution in [-0.2, 0) is 0 Å². The number of nitrogens with zero attached hydrogens (tertiary/aromatic N) is 1. The second-order valence-corrected chi connectivity index (χ2v) is 5.57. The first kappa shape index (κ1) is 16.8. The molecule has 0 bridgehead atoms. The highest BCUT2D eigenvalue weighted by Crippen LogP contribution is 2.29. The molecule has 2 N–H and O–H groups in total. The van der Waals surface area contributed by atoms with Gasteiger partial charge in [-0.1, -0.05) is 60.7 Å². The zero-order chi connectivity index (χ0) is 17.6. The molecule has 2 atom stereocenters. The lowest BCUT2D eigenvalue weighted by Crippen LogP contribution is -2.33. The van der Waals surface area contributed by atoms with Crippen LogP contribution in [0, 0.1) is 5.82 Å². The summed E-state index contributed by atoms with van der Waals surface area (Å²) in [6.07, 6.45) is 1.36. The Morgan fingerprint density at radius 3 is 2.16 bits per heavy atom. The molecule has 0 spiro atoms. The van der Waals surface area contributed by atoms with E-state index < -0.39 is 23.9 Å². The quantitative estimate of drug-likeness (QED) is 0.750. The second-order valence-electron chi connectivity index (χ2n) is 5.57. The molecule has 3 aromatic rings. The standard InChI is InChI=1S/C20H17FN2O2/c21-17-13-22-12-11-16(17)20(25)23-18(14-7-3-1-4-8-14)19(24)15-9-5-2-6-10-15/h1-13,18-19,24H,(H,23,25)/t18-,19+/m0/s1. The largest absolute Gasteiger partial charge is 0.386 e. The van der Waals surface area contributed by atoms with Gasteiger partial charge in [-0.15, -0.1) is 0 Å². The number of aliphatic hydroxyl groups is 1. The number of rotatable bonds is 5. The first-order valence-electron chi connectivity index (χ1n) is 7.85. The molecule has 0 radical (unpaired) electrons. The van der Waals surface area contributed by atoms with Gasteiger partial charge in [0.05, 0.1) is 17.8 Å². The smallest absolute Gasteiger partial charge is 0.254 e. The number of benzene rings is 2. The van der Waals surface area contributed by atoms with Crippen LogP contribution in [-0.4, -0.2) is 16.0 Å². The summed E-state index contributed by atoms with van der Waals surface area (Å²) in [5, 5.41) is 13.5. The van der Waals surface area contributed by atoms with Gasteiger partial charge in [-0.2, -0.15) is 0 Å². The van der Waals surface area contributed by atoms with Crippen LogP contribution in [0.2, 0.25) is 0 Å². The van der Waals surface area contributed by atoms with Crippen LogP contribution < -0.4 is 5.32 Å². The summed E-state index contributed by atoms with van der Waals surface area (Å²) in [7, 11) is 0. The van der Waals surface area contributed by atoms with Gasteiger partial charge in [-0.3, -0.25) is 9.78 Å². The van der Waals surface area contributed by atoms with E-state index in [1.54, 1.807) is 24.3 Å². The number of carbonyl (C=O) groups is 1. The van der Waals surface area contributed by atoms with Gasteiger partial charge in [0.15, 0.2) is 5.82 Å². The summed E-state index contributed by atoms with van der Waals surface area (Å²) in [4.78, 5) is 16.1. The Labute approximate surface area is 145 Å². The van der Waals surface area contributed by atoms with Crippen LogP contribution in [0.1, 0.15) is 33.6 Å². The van der Waals surface area contributed by atoms with Gasteiger partial charge in [0.1, 0.15) is 6.10 Å². The van der Waals surface area contributed by atoms with Gasteiger partial charge < -0.3 is 10.4 Å². The number of carbonyl (C=O) groups excluding carboxylic acids is 1. The molecule has 0 saturated carbocycles. The van der Waals surface area contributed by atoms with Crippen molar-refractivity contribution in [2.45, 2.75) is 12.1 Å². The fourth-order valence-electron chi connectivity index (χ4n) is 2.63. The van der Waals surface area contributed by atoms with E-state index >= 15 is 0 Å². The summed E-state index contributed by atoms with van der Waals surface area (Å²) in [5.74, 6) is -1.32. The molecule has 4 nitrogen and oxygen atoms in total. The molecule has 5 heteroatoms. The molecular weight excluding hydrogens is 319 g/mol. The van der Waals surface area contributed by atoms with Crippen molar-refractivity contribution in [2.75, 3.05) is 0 Å². The molecule has 3 rings (SSSR count). The van der Waals surface area contributed by atoms with Crippen molar-refractivity contribution in [3.8, 4) is 0 Å². The third-order valence-electron chi connectivity index (χ3n) is 3.92. The van der Waals surface area contributed by atoms with Crippen molar-refractivity contribution in [2.24, 2.45) is 0 Å². The zero-order valence-corrected chi connectivity index (χ0v) is 13.3. The van der Waals surface area contributed by atoms with Crippen molar-refractivity contribution in [3.63, 3.8) is 0 Å². The Morgan fingerprint density at radius 2 is 1.56 bits per heavy atom. The van der Waals surface area contributed by atoms with E-state index in [1.165, 1.54) is 12.3 Å². The van der Waals surface area contributed by atoms with E-state index in [0.29, 0.717) is 5.56 Å². The monoisotopic (exact) mass is 336 g/mol. The Balaban J connectivity index is 1.92. The maximum atomic E-state index is 13.8. The molecule has 1 aromatic heterocycles. The van der Waals surface area contributed by atoms with Crippen LogP contribution in [0.15, 0.2) is 79.1 Å². The van der Waals surface area contributed by atoms with Crippen LogP contribution in [0.3, 0.4) is 0 Å². The molecule has 1 heterocycles. The Bertz CT molecular complexity index is 841. The Hall–Kier alpha value is -3.05. The maximum Gasteiger partial charge on any atom is 0.254 e. The maximum absolute atomic E-state index is 13.8. The predicted octanol–water partition coefficient (Wildman–Crippen LogP) is 3.43. The van der Waals surface area contributed by atoms with Crippen molar-refractivity contribution in [3.05, 3.63) is 102 Å². The number of aromatic nitrogens is 1. The number of hydrogen-bond donors (Lipinski definition) is 2. The lowest BCUT2D eigenvalue weighted by atomic mass is 9.95. The molecule has 0 aliphatic heterocycles. The highest BCUT2D eigenvalue weighted by molar-refractivity contribution is 5.94. The number of aliphatic hydroxyl groups excluding tert-OH is 1. The van der Waals surface area contributed by atoms with E-state index in [1.807, 2.05) is 36.4 Å². The third kappa shape index (κ3) is 3.89. The molecule has 1 amide bonds. The van der Waals surface area contributed by atoms with E-state index in [-0.39, 0.29) is 5.56 Å². The zero-order valence-electron chi connectivity index (χ0n) is 13.3. The van der Waals surface area contributed by atoms with Gasteiger partial charge >= 0.3 is 0 Å². The fraction of sp³-hybridized carbons (Fsp3) is 0.100. The van der Waals surface area contributed by atoms with Gasteiger partial charge in [0.25, 0.3) is 5.91 Å². The van der Waals surface area contributed by atoms with Crippen molar-refractivity contribution >= 4 is 5.91 Å². The lowest BCUT2D eigenvalue weighted by Gasteiger charge is -2.25. The number of nitrogens with one attached hydrogen (secondary N) is 1. The molecule has 0 fully saturated rings. The van der Waals surface area contributed by atoms with Gasteiger partial charge in [-0.05, 0) is 17.2 Å². The number of pyridine rings is 1. The lowest BCUT2D eigenvalue weighted by molar-refractivity contribution is 0.0827. The number of hydrogen-bond acceptors (Lipinski definition) is 3. The van der Waals surface area contributed by atoms with Gasteiger partial charge in [0, 0.05) is 6.20 Å². The highest BCUT2D eigenvalue weighted by Gasteiger charge is 2.25. The second kappa shape index (κ2) is 7.68. The minimum atomic E-state index is -0.975. The summed E-state index contributed by atoms with van der Waals surface area (Å²) in [6, 6.07) is 18.7.